The molecule has 4 heteroatoms. The highest BCUT2D eigenvalue weighted by Crippen LogP contribution is 1.99. The van der Waals surface area contributed by atoms with E-state index in [2.05, 4.69) is 0 Å². The van der Waals surface area contributed by atoms with Gasteiger partial charge in [0.05, 0.1) is 0 Å². The molecule has 1 nitrogen and oxygen atoms in total. The summed E-state index contributed by atoms with van der Waals surface area (Å²) < 4.78 is 28.8. The molecule has 0 aliphatic rings. The minimum atomic E-state index is -3.08. The zero-order valence-corrected chi connectivity index (χ0v) is 5.08. The summed E-state index contributed by atoms with van der Waals surface area (Å²) in [6, 6.07) is 0. The molecule has 0 fully saturated rings. The number of rotatable bonds is 0. The van der Waals surface area contributed by atoms with E-state index in [-0.39, 0.29) is 0 Å². The van der Waals surface area contributed by atoms with Gasteiger partial charge in [0.25, 0.3) is 0 Å². The van der Waals surface area contributed by atoms with Gasteiger partial charge in [-0.05, 0) is 21.1 Å². The highest BCUT2D eigenvalue weighted by Gasteiger charge is 1.93. The van der Waals surface area contributed by atoms with E-state index >= 15 is 0 Å². The van der Waals surface area contributed by atoms with Gasteiger partial charge in [0, 0.05) is 0 Å². The average molecular weight is 128 g/mol. The SMILES string of the molecule is CN(C)C.F[C](F)F. The fourth-order valence-electron chi connectivity index (χ4n) is 0. The van der Waals surface area contributed by atoms with Crippen molar-refractivity contribution in [2.45, 2.75) is 0 Å². The van der Waals surface area contributed by atoms with Crippen molar-refractivity contribution in [1.82, 2.24) is 4.90 Å². The van der Waals surface area contributed by atoms with Crippen LogP contribution < -0.4 is 0 Å². The molecule has 0 amide bonds. The van der Waals surface area contributed by atoms with Crippen molar-refractivity contribution >= 4 is 0 Å². The second-order valence-corrected chi connectivity index (χ2v) is 1.56. The number of nitrogens with zero attached hydrogens (tertiary/aromatic N) is 1. The van der Waals surface area contributed by atoms with Crippen LogP contribution >= 0.6 is 0 Å². The smallest absolute Gasteiger partial charge is 0.312 e. The molecule has 0 rings (SSSR count). The normalized spacial score (nSPS) is 9.00. The quantitative estimate of drug-likeness (QED) is 0.478. The molecule has 0 heterocycles. The van der Waals surface area contributed by atoms with Crippen LogP contribution in [0.25, 0.3) is 0 Å². The Morgan fingerprint density at radius 1 is 1.00 bits per heavy atom. The fraction of sp³-hybridized carbons (Fsp3) is 0.750. The second kappa shape index (κ2) is 6.75. The Bertz CT molecular complexity index is 26.8. The zero-order valence-electron chi connectivity index (χ0n) is 5.08. The topological polar surface area (TPSA) is 3.24 Å². The van der Waals surface area contributed by atoms with E-state index in [1.807, 2.05) is 26.0 Å². The van der Waals surface area contributed by atoms with Crippen molar-refractivity contribution in [3.8, 4) is 0 Å². The molecule has 0 saturated carbocycles. The Morgan fingerprint density at radius 3 is 1.00 bits per heavy atom. The molecule has 0 unspecified atom stereocenters. The first-order valence-corrected chi connectivity index (χ1v) is 1.91. The molecule has 0 aromatic carbocycles. The Morgan fingerprint density at radius 2 is 1.00 bits per heavy atom. The van der Waals surface area contributed by atoms with Gasteiger partial charge < -0.3 is 4.90 Å². The van der Waals surface area contributed by atoms with Crippen LogP contribution in [-0.2, 0) is 0 Å². The Kier molecular flexibility index (Phi) is 9.01. The van der Waals surface area contributed by atoms with Crippen molar-refractivity contribution in [3.63, 3.8) is 0 Å². The lowest BCUT2D eigenvalue weighted by Crippen LogP contribution is -1.99. The van der Waals surface area contributed by atoms with E-state index < -0.39 is 6.68 Å². The molecule has 0 aromatic heterocycles. The molecule has 0 aliphatic carbocycles. The monoisotopic (exact) mass is 128 g/mol. The first-order chi connectivity index (χ1) is 3.46. The Hall–Kier alpha value is -0.250. The van der Waals surface area contributed by atoms with Crippen LogP contribution in [0.15, 0.2) is 0 Å². The van der Waals surface area contributed by atoms with Crippen molar-refractivity contribution in [2.75, 3.05) is 21.1 Å². The molecular formula is C4H9F3N. The minimum Gasteiger partial charge on any atom is -0.312 e. The lowest BCUT2D eigenvalue weighted by molar-refractivity contribution is 0.142. The molecule has 51 valence electrons. The van der Waals surface area contributed by atoms with Gasteiger partial charge in [-0.1, -0.05) is 0 Å². The first kappa shape index (κ1) is 10.7. The maximum atomic E-state index is 9.58. The number of halogens is 3. The Labute approximate surface area is 47.1 Å². The van der Waals surface area contributed by atoms with Gasteiger partial charge in [0.1, 0.15) is 0 Å². The van der Waals surface area contributed by atoms with Crippen molar-refractivity contribution < 1.29 is 13.2 Å². The maximum absolute atomic E-state index is 9.58. The summed E-state index contributed by atoms with van der Waals surface area (Å²) in [5, 5.41) is 0. The molecule has 0 N–H and O–H groups in total. The van der Waals surface area contributed by atoms with Crippen LogP contribution in [0.5, 0.6) is 0 Å². The predicted octanol–water partition coefficient (Wildman–Crippen LogP) is 1.52. The molecule has 0 spiro atoms. The number of hydrogen-bond acceptors (Lipinski definition) is 1. The summed E-state index contributed by atoms with van der Waals surface area (Å²) in [5.74, 6) is 0. The third kappa shape index (κ3) is 2080. The summed E-state index contributed by atoms with van der Waals surface area (Å²) in [7, 11) is 6.00. The van der Waals surface area contributed by atoms with Crippen molar-refractivity contribution in [3.05, 3.63) is 6.68 Å². The van der Waals surface area contributed by atoms with Crippen LogP contribution in [0.1, 0.15) is 0 Å². The molecule has 1 radical (unpaired) electrons. The van der Waals surface area contributed by atoms with Crippen molar-refractivity contribution in [1.29, 1.82) is 0 Å². The van der Waals surface area contributed by atoms with E-state index in [1.165, 1.54) is 0 Å². The second-order valence-electron chi connectivity index (χ2n) is 1.56. The molecule has 8 heavy (non-hydrogen) atoms. The lowest BCUT2D eigenvalue weighted by atomic mass is 11.0. The number of hydrogen-bond donors (Lipinski definition) is 0. The van der Waals surface area contributed by atoms with Gasteiger partial charge in [0.15, 0.2) is 0 Å². The van der Waals surface area contributed by atoms with Crippen LogP contribution in [0.3, 0.4) is 0 Å². The van der Waals surface area contributed by atoms with E-state index in [0.717, 1.165) is 0 Å². The van der Waals surface area contributed by atoms with Gasteiger partial charge in [0.2, 0.25) is 0 Å². The maximum Gasteiger partial charge on any atom is 0.487 e. The van der Waals surface area contributed by atoms with Crippen molar-refractivity contribution in [2.24, 2.45) is 0 Å². The third-order valence-corrected chi connectivity index (χ3v) is 0. The highest BCUT2D eigenvalue weighted by molar-refractivity contribution is 4.21. The highest BCUT2D eigenvalue weighted by atomic mass is 19.4. The van der Waals surface area contributed by atoms with E-state index in [1.54, 1.807) is 0 Å². The largest absolute Gasteiger partial charge is 0.487 e. The summed E-state index contributed by atoms with van der Waals surface area (Å²) >= 11 is 0. The summed E-state index contributed by atoms with van der Waals surface area (Å²) in [5.41, 5.74) is 0. The minimum absolute atomic E-state index is 2.00. The van der Waals surface area contributed by atoms with Crippen LogP contribution in [0.4, 0.5) is 13.2 Å². The first-order valence-electron chi connectivity index (χ1n) is 1.91. The molecule has 0 saturated heterocycles. The van der Waals surface area contributed by atoms with Gasteiger partial charge in [-0.25, -0.2) is 0 Å². The molecule has 0 bridgehead atoms. The van der Waals surface area contributed by atoms with Gasteiger partial charge in [-0.3, -0.25) is 0 Å². The Balaban J connectivity index is 0. The molecule has 0 atom stereocenters. The van der Waals surface area contributed by atoms with Crippen LogP contribution in [-0.4, -0.2) is 26.0 Å². The van der Waals surface area contributed by atoms with Crippen LogP contribution in [0.2, 0.25) is 0 Å². The van der Waals surface area contributed by atoms with Gasteiger partial charge in [-0.2, -0.15) is 13.2 Å². The third-order valence-electron chi connectivity index (χ3n) is 0. The molecular weight excluding hydrogens is 119 g/mol. The molecule has 0 aliphatic heterocycles. The van der Waals surface area contributed by atoms with E-state index in [9.17, 15) is 13.2 Å². The summed E-state index contributed by atoms with van der Waals surface area (Å²) in [4.78, 5) is 2.00. The van der Waals surface area contributed by atoms with E-state index in [4.69, 9.17) is 0 Å². The average Bonchev–Trinajstić information content (AvgIpc) is 1.25. The van der Waals surface area contributed by atoms with E-state index in [0.29, 0.717) is 0 Å². The zero-order chi connectivity index (χ0) is 7.15. The van der Waals surface area contributed by atoms with Crippen LogP contribution in [0, 0.1) is 6.68 Å². The fourth-order valence-corrected chi connectivity index (χ4v) is 0. The lowest BCUT2D eigenvalue weighted by Gasteiger charge is -1.90. The predicted molar refractivity (Wildman–Crippen MR) is 26.2 cm³/mol. The summed E-state index contributed by atoms with van der Waals surface area (Å²) in [6.45, 7) is -3.08. The van der Waals surface area contributed by atoms with Gasteiger partial charge in [-0.15, -0.1) is 0 Å². The molecule has 0 aromatic rings. The standard InChI is InChI=1S/C3H9N.CF3/c1-4(2)3;2-1(3)4/h1-3H3;. The summed E-state index contributed by atoms with van der Waals surface area (Å²) in [6.07, 6.45) is 0. The van der Waals surface area contributed by atoms with Gasteiger partial charge >= 0.3 is 6.68 Å².